The van der Waals surface area contributed by atoms with Crippen LogP contribution >= 0.6 is 12.4 Å². The van der Waals surface area contributed by atoms with Crippen LogP contribution in [-0.4, -0.2) is 32.1 Å². The number of hydrogen-bond donors (Lipinski definition) is 2. The Kier molecular flexibility index (Phi) is 7.54. The van der Waals surface area contributed by atoms with Gasteiger partial charge in [0.25, 0.3) is 0 Å². The number of methoxy groups -OCH3 is 1. The number of ether oxygens (including phenoxy) is 1. The van der Waals surface area contributed by atoms with Gasteiger partial charge in [0.1, 0.15) is 5.75 Å². The van der Waals surface area contributed by atoms with Gasteiger partial charge in [0, 0.05) is 19.0 Å². The molecule has 5 heteroatoms. The lowest BCUT2D eigenvalue weighted by molar-refractivity contribution is -0.122. The van der Waals surface area contributed by atoms with Gasteiger partial charge < -0.3 is 15.4 Å². The Morgan fingerprint density at radius 3 is 2.90 bits per heavy atom. The molecule has 1 heterocycles. The number of nitrogens with one attached hydrogen (secondary N) is 2. The van der Waals surface area contributed by atoms with Crippen molar-refractivity contribution >= 4 is 18.3 Å². The Bertz CT molecular complexity index is 448. The second kappa shape index (κ2) is 8.90. The molecule has 1 aliphatic heterocycles. The smallest absolute Gasteiger partial charge is 0.220 e. The van der Waals surface area contributed by atoms with Crippen molar-refractivity contribution in [1.82, 2.24) is 10.6 Å². The molecule has 0 saturated carbocycles. The van der Waals surface area contributed by atoms with E-state index in [9.17, 15) is 4.79 Å². The number of benzene rings is 1. The molecule has 1 aliphatic rings. The van der Waals surface area contributed by atoms with E-state index < -0.39 is 0 Å². The molecule has 0 aromatic heterocycles. The monoisotopic (exact) mass is 312 g/mol. The highest BCUT2D eigenvalue weighted by Gasteiger charge is 2.19. The summed E-state index contributed by atoms with van der Waals surface area (Å²) < 4.78 is 5.36. The summed E-state index contributed by atoms with van der Waals surface area (Å²) in [5, 5.41) is 6.42. The Hall–Kier alpha value is -1.26. The lowest BCUT2D eigenvalue weighted by Gasteiger charge is -2.24. The minimum absolute atomic E-state index is 0. The zero-order valence-corrected chi connectivity index (χ0v) is 13.5. The van der Waals surface area contributed by atoms with Gasteiger partial charge in [-0.05, 0) is 36.9 Å². The van der Waals surface area contributed by atoms with Gasteiger partial charge in [0.05, 0.1) is 7.11 Å². The summed E-state index contributed by atoms with van der Waals surface area (Å²) in [6.07, 6.45) is 2.70. The second-order valence-corrected chi connectivity index (χ2v) is 5.46. The van der Waals surface area contributed by atoms with Gasteiger partial charge in [-0.1, -0.05) is 25.1 Å². The fraction of sp³-hybridized carbons (Fsp3) is 0.562. The van der Waals surface area contributed by atoms with Crippen LogP contribution in [0.25, 0.3) is 0 Å². The van der Waals surface area contributed by atoms with Crippen LogP contribution in [-0.2, 0) is 4.79 Å². The number of amides is 1. The molecule has 0 radical (unpaired) electrons. The van der Waals surface area contributed by atoms with Gasteiger partial charge in [0.2, 0.25) is 5.91 Å². The first-order chi connectivity index (χ1) is 9.70. The molecule has 118 valence electrons. The molecule has 21 heavy (non-hydrogen) atoms. The van der Waals surface area contributed by atoms with E-state index in [1.165, 1.54) is 0 Å². The molecule has 1 amide bonds. The van der Waals surface area contributed by atoms with Crippen LogP contribution in [0.2, 0.25) is 0 Å². The van der Waals surface area contributed by atoms with Gasteiger partial charge in [-0.3, -0.25) is 4.79 Å². The number of carbonyl (C=O) groups is 1. The van der Waals surface area contributed by atoms with Gasteiger partial charge in [-0.2, -0.15) is 0 Å². The molecule has 0 spiro atoms. The van der Waals surface area contributed by atoms with Crippen molar-refractivity contribution in [3.8, 4) is 5.75 Å². The van der Waals surface area contributed by atoms with Crippen molar-refractivity contribution in [3.05, 3.63) is 29.8 Å². The van der Waals surface area contributed by atoms with Crippen LogP contribution in [0.5, 0.6) is 5.75 Å². The van der Waals surface area contributed by atoms with Crippen LogP contribution in [0.3, 0.4) is 0 Å². The summed E-state index contributed by atoms with van der Waals surface area (Å²) in [5.41, 5.74) is 1.09. The van der Waals surface area contributed by atoms with Crippen molar-refractivity contribution in [1.29, 1.82) is 0 Å². The number of para-hydroxylation sites is 1. The third-order valence-electron chi connectivity index (χ3n) is 3.82. The van der Waals surface area contributed by atoms with E-state index in [2.05, 4.69) is 17.6 Å². The SMILES string of the molecule is COc1ccccc1C(C)CC(=O)NC1CCCNC1.Cl. The van der Waals surface area contributed by atoms with Gasteiger partial charge >= 0.3 is 0 Å². The Labute approximate surface area is 133 Å². The highest BCUT2D eigenvalue weighted by molar-refractivity contribution is 5.85. The van der Waals surface area contributed by atoms with Gasteiger partial charge in [-0.15, -0.1) is 12.4 Å². The zero-order chi connectivity index (χ0) is 14.4. The second-order valence-electron chi connectivity index (χ2n) is 5.46. The molecule has 2 unspecified atom stereocenters. The third-order valence-corrected chi connectivity index (χ3v) is 3.82. The molecule has 1 fully saturated rings. The predicted molar refractivity (Wildman–Crippen MR) is 87.3 cm³/mol. The van der Waals surface area contributed by atoms with E-state index in [4.69, 9.17) is 4.74 Å². The van der Waals surface area contributed by atoms with Crippen molar-refractivity contribution in [2.75, 3.05) is 20.2 Å². The maximum atomic E-state index is 12.1. The van der Waals surface area contributed by atoms with Crippen LogP contribution in [0.15, 0.2) is 24.3 Å². The summed E-state index contributed by atoms with van der Waals surface area (Å²) in [4.78, 5) is 12.1. The Morgan fingerprint density at radius 1 is 1.48 bits per heavy atom. The van der Waals surface area contributed by atoms with Crippen LogP contribution in [0.1, 0.15) is 37.7 Å². The molecule has 1 aromatic carbocycles. The average molecular weight is 313 g/mol. The Balaban J connectivity index is 0.00000220. The molecule has 0 bridgehead atoms. The molecule has 1 aromatic rings. The first-order valence-electron chi connectivity index (χ1n) is 7.33. The van der Waals surface area contributed by atoms with Crippen molar-refractivity contribution in [3.63, 3.8) is 0 Å². The zero-order valence-electron chi connectivity index (χ0n) is 12.7. The topological polar surface area (TPSA) is 50.4 Å². The number of carbonyl (C=O) groups excluding carboxylic acids is 1. The van der Waals surface area contributed by atoms with Crippen molar-refractivity contribution in [2.24, 2.45) is 0 Å². The van der Waals surface area contributed by atoms with Crippen molar-refractivity contribution in [2.45, 2.75) is 38.1 Å². The largest absolute Gasteiger partial charge is 0.496 e. The summed E-state index contributed by atoms with van der Waals surface area (Å²) in [7, 11) is 1.67. The molecular formula is C16H25ClN2O2. The van der Waals surface area contributed by atoms with Crippen LogP contribution < -0.4 is 15.4 Å². The lowest BCUT2D eigenvalue weighted by Crippen LogP contribution is -2.45. The molecule has 0 aliphatic carbocycles. The number of halogens is 1. The minimum atomic E-state index is 0. The number of piperidine rings is 1. The lowest BCUT2D eigenvalue weighted by atomic mass is 9.96. The Morgan fingerprint density at radius 2 is 2.24 bits per heavy atom. The summed E-state index contributed by atoms with van der Waals surface area (Å²) in [6, 6.07) is 8.18. The minimum Gasteiger partial charge on any atom is -0.496 e. The molecular weight excluding hydrogens is 288 g/mol. The van der Waals surface area contributed by atoms with E-state index in [0.717, 1.165) is 37.2 Å². The highest BCUT2D eigenvalue weighted by atomic mass is 35.5. The molecule has 2 N–H and O–H groups in total. The van der Waals surface area contributed by atoms with Crippen LogP contribution in [0, 0.1) is 0 Å². The van der Waals surface area contributed by atoms with Gasteiger partial charge in [0.15, 0.2) is 0 Å². The number of rotatable bonds is 5. The molecule has 2 atom stereocenters. The summed E-state index contributed by atoms with van der Waals surface area (Å²) in [5.74, 6) is 1.13. The van der Waals surface area contributed by atoms with E-state index in [0.29, 0.717) is 6.42 Å². The first kappa shape index (κ1) is 17.8. The first-order valence-corrected chi connectivity index (χ1v) is 7.33. The van der Waals surface area contributed by atoms with E-state index in [1.807, 2.05) is 24.3 Å². The fourth-order valence-electron chi connectivity index (χ4n) is 2.72. The summed E-state index contributed by atoms with van der Waals surface area (Å²) in [6.45, 7) is 4.01. The van der Waals surface area contributed by atoms with E-state index in [-0.39, 0.29) is 30.3 Å². The molecule has 1 saturated heterocycles. The standard InChI is InChI=1S/C16H24N2O2.ClH/c1-12(14-7-3-4-8-15(14)20-2)10-16(19)18-13-6-5-9-17-11-13;/h3-4,7-8,12-13,17H,5-6,9-11H2,1-2H3,(H,18,19);1H. The summed E-state index contributed by atoms with van der Waals surface area (Å²) >= 11 is 0. The van der Waals surface area contributed by atoms with Crippen LogP contribution in [0.4, 0.5) is 0 Å². The van der Waals surface area contributed by atoms with E-state index >= 15 is 0 Å². The van der Waals surface area contributed by atoms with Gasteiger partial charge in [-0.25, -0.2) is 0 Å². The molecule has 4 nitrogen and oxygen atoms in total. The predicted octanol–water partition coefficient (Wildman–Crippen LogP) is 2.48. The third kappa shape index (κ3) is 5.21. The maximum Gasteiger partial charge on any atom is 0.220 e. The maximum absolute atomic E-state index is 12.1. The molecule has 2 rings (SSSR count). The normalized spacial score (nSPS) is 19.2. The highest BCUT2D eigenvalue weighted by Crippen LogP contribution is 2.28. The quantitative estimate of drug-likeness (QED) is 0.878. The van der Waals surface area contributed by atoms with Crippen molar-refractivity contribution < 1.29 is 9.53 Å². The number of hydrogen-bond acceptors (Lipinski definition) is 3. The van der Waals surface area contributed by atoms with E-state index in [1.54, 1.807) is 7.11 Å². The average Bonchev–Trinajstić information content (AvgIpc) is 2.48. The fourth-order valence-corrected chi connectivity index (χ4v) is 2.72.